The molecule has 138 valence electrons. The second-order valence-electron chi connectivity index (χ2n) is 5.76. The number of alkyl halides is 3. The fraction of sp³-hybridized carbons (Fsp3) is 0.500. The Labute approximate surface area is 142 Å². The van der Waals surface area contributed by atoms with Gasteiger partial charge in [0.25, 0.3) is 5.72 Å². The Bertz CT molecular complexity index is 653. The van der Waals surface area contributed by atoms with Crippen LogP contribution in [0, 0.1) is 5.92 Å². The molecule has 1 heterocycles. The quantitative estimate of drug-likeness (QED) is 0.839. The van der Waals surface area contributed by atoms with Crippen LogP contribution in [0.4, 0.5) is 18.0 Å². The first kappa shape index (κ1) is 19.0. The molecule has 1 N–H and O–H groups in total. The number of carbonyl (C=O) groups is 2. The summed E-state index contributed by atoms with van der Waals surface area (Å²) in [7, 11) is 2.08. The summed E-state index contributed by atoms with van der Waals surface area (Å²) < 4.78 is 46.0. The maximum atomic E-state index is 13.7. The first-order valence-electron chi connectivity index (χ1n) is 7.58. The lowest BCUT2D eigenvalue weighted by atomic mass is 9.80. The van der Waals surface area contributed by atoms with Gasteiger partial charge in [-0.15, -0.1) is 0 Å². The molecule has 0 aliphatic carbocycles. The monoisotopic (exact) mass is 360 g/mol. The number of urea groups is 1. The van der Waals surface area contributed by atoms with Crippen LogP contribution in [0.3, 0.4) is 0 Å². The van der Waals surface area contributed by atoms with Gasteiger partial charge in [-0.05, 0) is 12.5 Å². The van der Waals surface area contributed by atoms with E-state index >= 15 is 0 Å². The van der Waals surface area contributed by atoms with Gasteiger partial charge in [-0.3, -0.25) is 9.69 Å². The van der Waals surface area contributed by atoms with Crippen molar-refractivity contribution < 1.29 is 32.6 Å². The molecule has 25 heavy (non-hydrogen) atoms. The molecule has 0 bridgehead atoms. The molecule has 6 nitrogen and oxygen atoms in total. The molecule has 1 saturated heterocycles. The number of ether oxygens (including phenoxy) is 1. The zero-order chi connectivity index (χ0) is 19.0. The number of halogens is 3. The lowest BCUT2D eigenvalue weighted by Crippen LogP contribution is -2.73. The van der Waals surface area contributed by atoms with Crippen LogP contribution in [0.2, 0.25) is 0 Å². The van der Waals surface area contributed by atoms with Crippen LogP contribution in [-0.4, -0.2) is 59.5 Å². The molecule has 1 aromatic rings. The Kier molecular flexibility index (Phi) is 4.99. The van der Waals surface area contributed by atoms with Crippen LogP contribution in [0.15, 0.2) is 30.3 Å². The number of nitrogens with zero attached hydrogens (tertiary/aromatic N) is 2. The van der Waals surface area contributed by atoms with Crippen molar-refractivity contribution in [3.63, 3.8) is 0 Å². The molecule has 1 aliphatic rings. The number of hydrogen-bond donors (Lipinski definition) is 1. The Balaban J connectivity index is 2.70. The third-order valence-corrected chi connectivity index (χ3v) is 4.37. The zero-order valence-electron chi connectivity index (χ0n) is 13.9. The largest absolute Gasteiger partial charge is 0.466 e. The number of benzene rings is 1. The van der Waals surface area contributed by atoms with Crippen LogP contribution in [0.25, 0.3) is 0 Å². The van der Waals surface area contributed by atoms with Crippen molar-refractivity contribution in [2.45, 2.75) is 24.9 Å². The molecule has 2 amide bonds. The third-order valence-electron chi connectivity index (χ3n) is 4.37. The van der Waals surface area contributed by atoms with Crippen molar-refractivity contribution in [3.05, 3.63) is 35.9 Å². The van der Waals surface area contributed by atoms with Gasteiger partial charge in [0.2, 0.25) is 0 Å². The Hall–Kier alpha value is -2.29. The van der Waals surface area contributed by atoms with Gasteiger partial charge in [-0.25, -0.2) is 4.79 Å². The smallest absolute Gasteiger partial charge is 0.437 e. The third kappa shape index (κ3) is 2.92. The van der Waals surface area contributed by atoms with E-state index in [1.165, 1.54) is 26.1 Å². The van der Waals surface area contributed by atoms with Crippen molar-refractivity contribution in [2.75, 3.05) is 20.7 Å². The van der Waals surface area contributed by atoms with Gasteiger partial charge < -0.3 is 14.7 Å². The van der Waals surface area contributed by atoms with Crippen molar-refractivity contribution in [3.8, 4) is 0 Å². The fourth-order valence-electron chi connectivity index (χ4n) is 3.11. The number of carbonyl (C=O) groups excluding carboxylic acids is 2. The molecule has 1 fully saturated rings. The van der Waals surface area contributed by atoms with Gasteiger partial charge in [0.1, 0.15) is 5.92 Å². The van der Waals surface area contributed by atoms with E-state index in [0.29, 0.717) is 0 Å². The minimum atomic E-state index is -5.26. The standard InChI is InChI=1S/C16H19F3N2O4/c1-4-25-13(22)11-12(10-8-6-5-7-9-10)20(2)14(23)21(3)15(11,24)16(17,18)19/h5-9,11-12,24H,4H2,1-3H3. The summed E-state index contributed by atoms with van der Waals surface area (Å²) in [5.41, 5.74) is -3.41. The summed E-state index contributed by atoms with van der Waals surface area (Å²) in [5.74, 6) is -3.30. The molecule has 0 aromatic heterocycles. The molecule has 1 aromatic carbocycles. The van der Waals surface area contributed by atoms with Gasteiger partial charge in [-0.2, -0.15) is 13.2 Å². The average Bonchev–Trinajstić information content (AvgIpc) is 2.55. The minimum Gasteiger partial charge on any atom is -0.466 e. The van der Waals surface area contributed by atoms with E-state index in [1.54, 1.807) is 18.2 Å². The van der Waals surface area contributed by atoms with Gasteiger partial charge in [0.05, 0.1) is 12.6 Å². The fourth-order valence-corrected chi connectivity index (χ4v) is 3.11. The number of hydrogen-bond acceptors (Lipinski definition) is 4. The van der Waals surface area contributed by atoms with Gasteiger partial charge in [0.15, 0.2) is 0 Å². The van der Waals surface area contributed by atoms with E-state index in [4.69, 9.17) is 4.74 Å². The Morgan fingerprint density at radius 1 is 1.28 bits per heavy atom. The van der Waals surface area contributed by atoms with Crippen LogP contribution in [-0.2, 0) is 9.53 Å². The molecule has 9 heteroatoms. The maximum absolute atomic E-state index is 13.7. The Morgan fingerprint density at radius 3 is 2.32 bits per heavy atom. The molecular formula is C16H19F3N2O4. The number of aliphatic hydroxyl groups is 1. The van der Waals surface area contributed by atoms with E-state index in [9.17, 15) is 27.9 Å². The van der Waals surface area contributed by atoms with E-state index in [1.807, 2.05) is 0 Å². The summed E-state index contributed by atoms with van der Waals surface area (Å²) in [5, 5.41) is 10.5. The first-order chi connectivity index (χ1) is 11.6. The second kappa shape index (κ2) is 6.55. The minimum absolute atomic E-state index is 0.133. The number of amides is 2. The van der Waals surface area contributed by atoms with Crippen LogP contribution >= 0.6 is 0 Å². The first-order valence-corrected chi connectivity index (χ1v) is 7.58. The van der Waals surface area contributed by atoms with Crippen LogP contribution < -0.4 is 0 Å². The normalized spacial score (nSPS) is 27.4. The molecule has 0 spiro atoms. The zero-order valence-corrected chi connectivity index (χ0v) is 13.9. The van der Waals surface area contributed by atoms with Gasteiger partial charge in [0, 0.05) is 14.1 Å². The van der Waals surface area contributed by atoms with Gasteiger partial charge >= 0.3 is 18.2 Å². The number of esters is 1. The maximum Gasteiger partial charge on any atom is 0.437 e. The van der Waals surface area contributed by atoms with Crippen molar-refractivity contribution >= 4 is 12.0 Å². The molecule has 0 saturated carbocycles. The SMILES string of the molecule is CCOC(=O)C1C(c2ccccc2)N(C)C(=O)N(C)C1(O)C(F)(F)F. The van der Waals surface area contributed by atoms with E-state index in [-0.39, 0.29) is 17.1 Å². The summed E-state index contributed by atoms with van der Waals surface area (Å²) in [6.45, 7) is 1.29. The lowest BCUT2D eigenvalue weighted by Gasteiger charge is -2.52. The lowest BCUT2D eigenvalue weighted by molar-refractivity contribution is -0.334. The summed E-state index contributed by atoms with van der Waals surface area (Å²) in [4.78, 5) is 25.9. The predicted molar refractivity (Wildman–Crippen MR) is 81.2 cm³/mol. The second-order valence-corrected chi connectivity index (χ2v) is 5.76. The summed E-state index contributed by atoms with van der Waals surface area (Å²) >= 11 is 0. The average molecular weight is 360 g/mol. The topological polar surface area (TPSA) is 70.1 Å². The van der Waals surface area contributed by atoms with E-state index in [0.717, 1.165) is 11.9 Å². The van der Waals surface area contributed by atoms with Gasteiger partial charge in [-0.1, -0.05) is 30.3 Å². The van der Waals surface area contributed by atoms with Crippen molar-refractivity contribution in [1.82, 2.24) is 9.80 Å². The molecule has 3 atom stereocenters. The van der Waals surface area contributed by atoms with Crippen molar-refractivity contribution in [2.24, 2.45) is 5.92 Å². The summed E-state index contributed by atoms with van der Waals surface area (Å²) in [6, 6.07) is 5.37. The molecular weight excluding hydrogens is 341 g/mol. The summed E-state index contributed by atoms with van der Waals surface area (Å²) in [6.07, 6.45) is -5.26. The number of rotatable bonds is 3. The highest BCUT2D eigenvalue weighted by atomic mass is 19.4. The molecule has 3 unspecified atom stereocenters. The highest BCUT2D eigenvalue weighted by molar-refractivity contribution is 5.83. The van der Waals surface area contributed by atoms with Crippen LogP contribution in [0.5, 0.6) is 0 Å². The molecule has 2 rings (SSSR count). The molecule has 1 aliphatic heterocycles. The molecule has 0 radical (unpaired) electrons. The highest BCUT2D eigenvalue weighted by Crippen LogP contribution is 2.49. The predicted octanol–water partition coefficient (Wildman–Crippen LogP) is 2.16. The highest BCUT2D eigenvalue weighted by Gasteiger charge is 2.70. The van der Waals surface area contributed by atoms with E-state index < -0.39 is 35.9 Å². The van der Waals surface area contributed by atoms with Crippen LogP contribution in [0.1, 0.15) is 18.5 Å². The Morgan fingerprint density at radius 2 is 1.84 bits per heavy atom. The van der Waals surface area contributed by atoms with Crippen molar-refractivity contribution in [1.29, 1.82) is 0 Å². The van der Waals surface area contributed by atoms with E-state index in [2.05, 4.69) is 0 Å².